The monoisotopic (exact) mass is 391 g/mol. The van der Waals surface area contributed by atoms with E-state index < -0.39 is 0 Å². The molecule has 0 bridgehead atoms. The van der Waals surface area contributed by atoms with Gasteiger partial charge in [0.1, 0.15) is 11.5 Å². The standard InChI is InChI=1S/C19H22BrNO3/c1-4-14-5-10-18(17(20)11-14)24-12-19(22)21-13(2)15-6-8-16(23-3)9-7-15/h5-11,13H,4,12H2,1-3H3,(H,21,22)/t13-/m1/s1. The van der Waals surface area contributed by atoms with E-state index in [-0.39, 0.29) is 18.6 Å². The fourth-order valence-corrected chi connectivity index (χ4v) is 2.82. The van der Waals surface area contributed by atoms with Crippen molar-refractivity contribution >= 4 is 21.8 Å². The van der Waals surface area contributed by atoms with Gasteiger partial charge in [-0.25, -0.2) is 0 Å². The highest BCUT2D eigenvalue weighted by Gasteiger charge is 2.11. The molecule has 0 heterocycles. The number of carbonyl (C=O) groups is 1. The van der Waals surface area contributed by atoms with Crippen molar-refractivity contribution in [1.29, 1.82) is 0 Å². The Morgan fingerprint density at radius 1 is 1.21 bits per heavy atom. The van der Waals surface area contributed by atoms with Crippen LogP contribution in [0.4, 0.5) is 0 Å². The zero-order chi connectivity index (χ0) is 17.5. The van der Waals surface area contributed by atoms with Crippen molar-refractivity contribution in [1.82, 2.24) is 5.32 Å². The first-order chi connectivity index (χ1) is 11.5. The van der Waals surface area contributed by atoms with Gasteiger partial charge in [0.2, 0.25) is 0 Å². The van der Waals surface area contributed by atoms with Gasteiger partial charge in [-0.1, -0.05) is 25.1 Å². The predicted molar refractivity (Wildman–Crippen MR) is 98.6 cm³/mol. The average Bonchev–Trinajstić information content (AvgIpc) is 2.60. The molecule has 0 unspecified atom stereocenters. The number of hydrogen-bond donors (Lipinski definition) is 1. The van der Waals surface area contributed by atoms with Crippen molar-refractivity contribution < 1.29 is 14.3 Å². The average molecular weight is 392 g/mol. The molecule has 2 aromatic rings. The maximum Gasteiger partial charge on any atom is 0.258 e. The Labute approximate surface area is 151 Å². The number of halogens is 1. The van der Waals surface area contributed by atoms with Crippen molar-refractivity contribution in [2.45, 2.75) is 26.3 Å². The summed E-state index contributed by atoms with van der Waals surface area (Å²) in [6, 6.07) is 13.4. The zero-order valence-electron chi connectivity index (χ0n) is 14.1. The SMILES string of the molecule is CCc1ccc(OCC(=O)N[C@H](C)c2ccc(OC)cc2)c(Br)c1. The largest absolute Gasteiger partial charge is 0.497 e. The van der Waals surface area contributed by atoms with Crippen molar-refractivity contribution in [3.05, 3.63) is 58.1 Å². The maximum absolute atomic E-state index is 12.1. The minimum absolute atomic E-state index is 0.0232. The molecule has 0 fully saturated rings. The fraction of sp³-hybridized carbons (Fsp3) is 0.316. The summed E-state index contributed by atoms with van der Waals surface area (Å²) in [5.74, 6) is 1.30. The summed E-state index contributed by atoms with van der Waals surface area (Å²) in [6.07, 6.45) is 0.957. The van der Waals surface area contributed by atoms with Crippen LogP contribution in [0.2, 0.25) is 0 Å². The molecule has 0 aliphatic carbocycles. The third-order valence-electron chi connectivity index (χ3n) is 3.76. The first-order valence-electron chi connectivity index (χ1n) is 7.88. The van der Waals surface area contributed by atoms with E-state index in [1.807, 2.05) is 49.4 Å². The van der Waals surface area contributed by atoms with Gasteiger partial charge in [-0.3, -0.25) is 4.79 Å². The van der Waals surface area contributed by atoms with Gasteiger partial charge in [-0.15, -0.1) is 0 Å². The van der Waals surface area contributed by atoms with Crippen LogP contribution < -0.4 is 14.8 Å². The van der Waals surface area contributed by atoms with Crippen molar-refractivity contribution in [3.8, 4) is 11.5 Å². The summed E-state index contributed by atoms with van der Waals surface area (Å²) < 4.78 is 11.6. The molecule has 4 nitrogen and oxygen atoms in total. The number of ether oxygens (including phenoxy) is 2. The Kier molecular flexibility index (Phi) is 6.67. The third kappa shape index (κ3) is 4.99. The van der Waals surface area contributed by atoms with Gasteiger partial charge in [-0.05, 0) is 64.7 Å². The highest BCUT2D eigenvalue weighted by atomic mass is 79.9. The summed E-state index contributed by atoms with van der Waals surface area (Å²) in [7, 11) is 1.63. The second-order valence-electron chi connectivity index (χ2n) is 5.47. The summed E-state index contributed by atoms with van der Waals surface area (Å²) in [5, 5.41) is 2.93. The van der Waals surface area contributed by atoms with Crippen LogP contribution in [0.15, 0.2) is 46.9 Å². The minimum Gasteiger partial charge on any atom is -0.497 e. The van der Waals surface area contributed by atoms with Crippen LogP contribution >= 0.6 is 15.9 Å². The number of benzene rings is 2. The van der Waals surface area contributed by atoms with Crippen LogP contribution in [-0.4, -0.2) is 19.6 Å². The van der Waals surface area contributed by atoms with Crippen LogP contribution in [0.5, 0.6) is 11.5 Å². The number of rotatable bonds is 7. The van der Waals surface area contributed by atoms with Gasteiger partial charge in [0, 0.05) is 0 Å². The lowest BCUT2D eigenvalue weighted by Crippen LogP contribution is -2.31. The second-order valence-corrected chi connectivity index (χ2v) is 6.32. The maximum atomic E-state index is 12.1. The van der Waals surface area contributed by atoms with Crippen LogP contribution in [0, 0.1) is 0 Å². The van der Waals surface area contributed by atoms with E-state index in [2.05, 4.69) is 28.2 Å². The number of aryl methyl sites for hydroxylation is 1. The van der Waals surface area contributed by atoms with Crippen LogP contribution in [-0.2, 0) is 11.2 Å². The lowest BCUT2D eigenvalue weighted by molar-refractivity contribution is -0.123. The highest BCUT2D eigenvalue weighted by Crippen LogP contribution is 2.26. The molecule has 128 valence electrons. The predicted octanol–water partition coefficient (Wildman–Crippen LogP) is 4.28. The molecular formula is C19H22BrNO3. The summed E-state index contributed by atoms with van der Waals surface area (Å²) in [5.41, 5.74) is 2.23. The van der Waals surface area contributed by atoms with E-state index in [4.69, 9.17) is 9.47 Å². The zero-order valence-corrected chi connectivity index (χ0v) is 15.7. The molecule has 1 atom stereocenters. The molecule has 2 rings (SSSR count). The van der Waals surface area contributed by atoms with Crippen molar-refractivity contribution in [2.75, 3.05) is 13.7 Å². The lowest BCUT2D eigenvalue weighted by Gasteiger charge is -2.15. The Balaban J connectivity index is 1.88. The lowest BCUT2D eigenvalue weighted by atomic mass is 10.1. The number of hydrogen-bond acceptors (Lipinski definition) is 3. The summed E-state index contributed by atoms with van der Waals surface area (Å²) in [4.78, 5) is 12.1. The summed E-state index contributed by atoms with van der Waals surface area (Å²) >= 11 is 3.47. The Morgan fingerprint density at radius 3 is 2.50 bits per heavy atom. The molecular weight excluding hydrogens is 370 g/mol. The number of nitrogens with one attached hydrogen (secondary N) is 1. The molecule has 1 N–H and O–H groups in total. The van der Waals surface area contributed by atoms with Crippen molar-refractivity contribution in [2.24, 2.45) is 0 Å². The molecule has 0 aromatic heterocycles. The van der Waals surface area contributed by atoms with Gasteiger partial charge in [0.15, 0.2) is 6.61 Å². The van der Waals surface area contributed by atoms with Gasteiger partial charge >= 0.3 is 0 Å². The molecule has 0 spiro atoms. The first kappa shape index (κ1) is 18.3. The molecule has 1 amide bonds. The highest BCUT2D eigenvalue weighted by molar-refractivity contribution is 9.10. The molecule has 0 radical (unpaired) electrons. The van der Waals surface area contributed by atoms with Crippen LogP contribution in [0.3, 0.4) is 0 Å². The second kappa shape index (κ2) is 8.73. The molecule has 0 aliphatic rings. The first-order valence-corrected chi connectivity index (χ1v) is 8.67. The van der Waals surface area contributed by atoms with E-state index in [9.17, 15) is 4.79 Å². The van der Waals surface area contributed by atoms with Gasteiger partial charge in [-0.2, -0.15) is 0 Å². The summed E-state index contributed by atoms with van der Waals surface area (Å²) in [6.45, 7) is 4.01. The van der Waals surface area contributed by atoms with Crippen LogP contribution in [0.1, 0.15) is 31.0 Å². The Hall–Kier alpha value is -2.01. The minimum atomic E-state index is -0.162. The van der Waals surface area contributed by atoms with E-state index in [0.717, 1.165) is 22.2 Å². The Morgan fingerprint density at radius 2 is 1.92 bits per heavy atom. The Bertz CT molecular complexity index is 686. The van der Waals surface area contributed by atoms with E-state index in [1.54, 1.807) is 7.11 Å². The molecule has 0 saturated carbocycles. The smallest absolute Gasteiger partial charge is 0.258 e. The van der Waals surface area contributed by atoms with Gasteiger partial charge in [0.25, 0.3) is 5.91 Å². The topological polar surface area (TPSA) is 47.6 Å². The molecule has 0 aliphatic heterocycles. The molecule has 24 heavy (non-hydrogen) atoms. The van der Waals surface area contributed by atoms with Crippen LogP contribution in [0.25, 0.3) is 0 Å². The van der Waals surface area contributed by atoms with E-state index in [0.29, 0.717) is 5.75 Å². The van der Waals surface area contributed by atoms with E-state index >= 15 is 0 Å². The number of amides is 1. The molecule has 5 heteroatoms. The van der Waals surface area contributed by atoms with Gasteiger partial charge in [0.05, 0.1) is 17.6 Å². The van der Waals surface area contributed by atoms with Crippen molar-refractivity contribution in [3.63, 3.8) is 0 Å². The third-order valence-corrected chi connectivity index (χ3v) is 4.38. The molecule has 0 saturated heterocycles. The molecule has 2 aromatic carbocycles. The number of carbonyl (C=O) groups excluding carboxylic acids is 1. The van der Waals surface area contributed by atoms with E-state index in [1.165, 1.54) is 5.56 Å². The van der Waals surface area contributed by atoms with Gasteiger partial charge < -0.3 is 14.8 Å². The quantitative estimate of drug-likeness (QED) is 0.765. The normalized spacial score (nSPS) is 11.7. The number of methoxy groups -OCH3 is 1. The fourth-order valence-electron chi connectivity index (χ4n) is 2.28.